The van der Waals surface area contributed by atoms with Crippen molar-refractivity contribution in [1.29, 1.82) is 0 Å². The highest BCUT2D eigenvalue weighted by Crippen LogP contribution is 2.26. The number of nitrogens with one attached hydrogen (secondary N) is 2. The lowest BCUT2D eigenvalue weighted by molar-refractivity contribution is 0.425. The monoisotopic (exact) mass is 349 g/mol. The first-order valence-corrected chi connectivity index (χ1v) is 7.59. The molecule has 0 spiro atoms. The standard InChI is InChI=1S/C15H20BrN5/c1-11-4-5-13(12(16)10-11)19-14-6-7-17-15(20-14)18-8-9-21(2)3/h4-7,10H,8-9H2,1-3H3,(H2,17,18,19,20). The topological polar surface area (TPSA) is 53.1 Å². The fourth-order valence-electron chi connectivity index (χ4n) is 1.76. The smallest absolute Gasteiger partial charge is 0.224 e. The normalized spacial score (nSPS) is 10.7. The average molecular weight is 350 g/mol. The summed E-state index contributed by atoms with van der Waals surface area (Å²) in [7, 11) is 4.07. The van der Waals surface area contributed by atoms with Gasteiger partial charge in [0.25, 0.3) is 0 Å². The van der Waals surface area contributed by atoms with Crippen LogP contribution in [0.25, 0.3) is 0 Å². The van der Waals surface area contributed by atoms with Gasteiger partial charge in [0.2, 0.25) is 5.95 Å². The van der Waals surface area contributed by atoms with Gasteiger partial charge in [-0.1, -0.05) is 6.07 Å². The molecule has 1 aromatic heterocycles. The SMILES string of the molecule is Cc1ccc(Nc2ccnc(NCCN(C)C)n2)c(Br)c1. The zero-order valence-electron chi connectivity index (χ0n) is 12.5. The third-order valence-electron chi connectivity index (χ3n) is 2.89. The van der Waals surface area contributed by atoms with Gasteiger partial charge in [-0.3, -0.25) is 0 Å². The van der Waals surface area contributed by atoms with Crippen LogP contribution in [-0.2, 0) is 0 Å². The summed E-state index contributed by atoms with van der Waals surface area (Å²) in [5.74, 6) is 1.40. The van der Waals surface area contributed by atoms with Gasteiger partial charge in [0.1, 0.15) is 5.82 Å². The number of anilines is 3. The first-order chi connectivity index (χ1) is 10.0. The van der Waals surface area contributed by atoms with Crippen molar-refractivity contribution in [3.63, 3.8) is 0 Å². The lowest BCUT2D eigenvalue weighted by Gasteiger charge is -2.12. The molecule has 0 bridgehead atoms. The molecule has 0 radical (unpaired) electrons. The van der Waals surface area contributed by atoms with E-state index < -0.39 is 0 Å². The minimum absolute atomic E-state index is 0.630. The maximum atomic E-state index is 4.46. The minimum Gasteiger partial charge on any atom is -0.353 e. The van der Waals surface area contributed by atoms with Crippen LogP contribution in [0, 0.1) is 6.92 Å². The van der Waals surface area contributed by atoms with E-state index in [2.05, 4.69) is 60.5 Å². The van der Waals surface area contributed by atoms with Crippen molar-refractivity contribution in [1.82, 2.24) is 14.9 Å². The molecule has 2 N–H and O–H groups in total. The number of rotatable bonds is 6. The van der Waals surface area contributed by atoms with Gasteiger partial charge < -0.3 is 15.5 Å². The van der Waals surface area contributed by atoms with Crippen LogP contribution in [0.15, 0.2) is 34.9 Å². The molecule has 0 aliphatic carbocycles. The van der Waals surface area contributed by atoms with Crippen molar-refractivity contribution < 1.29 is 0 Å². The van der Waals surface area contributed by atoms with E-state index in [4.69, 9.17) is 0 Å². The third kappa shape index (κ3) is 4.99. The van der Waals surface area contributed by atoms with Crippen molar-refractivity contribution in [2.75, 3.05) is 37.8 Å². The molecule has 0 saturated heterocycles. The van der Waals surface area contributed by atoms with Crippen molar-refractivity contribution in [3.8, 4) is 0 Å². The predicted molar refractivity (Wildman–Crippen MR) is 91.2 cm³/mol. The number of likely N-dealkylation sites (N-methyl/N-ethyl adjacent to an activating group) is 1. The predicted octanol–water partition coefficient (Wildman–Crippen LogP) is 3.26. The van der Waals surface area contributed by atoms with E-state index in [-0.39, 0.29) is 0 Å². The molecule has 2 aromatic rings. The molecular weight excluding hydrogens is 330 g/mol. The molecule has 1 heterocycles. The Bertz CT molecular complexity index is 600. The summed E-state index contributed by atoms with van der Waals surface area (Å²) in [5.41, 5.74) is 2.19. The second-order valence-corrected chi connectivity index (χ2v) is 5.96. The second kappa shape index (κ2) is 7.38. The molecule has 0 aliphatic heterocycles. The average Bonchev–Trinajstić information content (AvgIpc) is 2.42. The molecule has 0 fully saturated rings. The number of aryl methyl sites for hydroxylation is 1. The zero-order valence-corrected chi connectivity index (χ0v) is 14.1. The van der Waals surface area contributed by atoms with Crippen LogP contribution in [0.3, 0.4) is 0 Å². The Morgan fingerprint density at radius 2 is 2.05 bits per heavy atom. The summed E-state index contributed by atoms with van der Waals surface area (Å²) in [6, 6.07) is 8.01. The maximum Gasteiger partial charge on any atom is 0.224 e. The van der Waals surface area contributed by atoms with Crippen LogP contribution in [-0.4, -0.2) is 42.1 Å². The number of hydrogen-bond acceptors (Lipinski definition) is 5. The Labute approximate surface area is 133 Å². The maximum absolute atomic E-state index is 4.46. The Hall–Kier alpha value is -1.66. The summed E-state index contributed by atoms with van der Waals surface area (Å²) in [5, 5.41) is 6.50. The molecule has 0 saturated carbocycles. The Morgan fingerprint density at radius 1 is 1.24 bits per heavy atom. The van der Waals surface area contributed by atoms with Gasteiger partial charge in [0.15, 0.2) is 0 Å². The van der Waals surface area contributed by atoms with Gasteiger partial charge in [-0.05, 0) is 60.7 Å². The third-order valence-corrected chi connectivity index (χ3v) is 3.54. The number of halogens is 1. The van der Waals surface area contributed by atoms with Gasteiger partial charge in [-0.15, -0.1) is 0 Å². The van der Waals surface area contributed by atoms with Gasteiger partial charge in [-0.2, -0.15) is 4.98 Å². The van der Waals surface area contributed by atoms with Crippen LogP contribution in [0.4, 0.5) is 17.5 Å². The van der Waals surface area contributed by atoms with E-state index in [9.17, 15) is 0 Å². The molecule has 0 unspecified atom stereocenters. The summed E-state index contributed by atoms with van der Waals surface area (Å²) in [4.78, 5) is 10.8. The van der Waals surface area contributed by atoms with Crippen LogP contribution in [0.1, 0.15) is 5.56 Å². The van der Waals surface area contributed by atoms with Crippen LogP contribution < -0.4 is 10.6 Å². The van der Waals surface area contributed by atoms with Crippen molar-refractivity contribution in [2.45, 2.75) is 6.92 Å². The highest BCUT2D eigenvalue weighted by molar-refractivity contribution is 9.10. The molecule has 0 atom stereocenters. The van der Waals surface area contributed by atoms with Gasteiger partial charge in [-0.25, -0.2) is 4.98 Å². The van der Waals surface area contributed by atoms with E-state index in [0.29, 0.717) is 5.95 Å². The number of benzene rings is 1. The lowest BCUT2D eigenvalue weighted by Crippen LogP contribution is -2.21. The molecule has 1 aromatic carbocycles. The molecular formula is C15H20BrN5. The Balaban J connectivity index is 2.03. The minimum atomic E-state index is 0.630. The van der Waals surface area contributed by atoms with E-state index in [0.717, 1.165) is 29.1 Å². The second-order valence-electron chi connectivity index (χ2n) is 5.10. The number of hydrogen-bond donors (Lipinski definition) is 2. The zero-order chi connectivity index (χ0) is 15.2. The summed E-state index contributed by atoms with van der Waals surface area (Å²) in [6.45, 7) is 3.81. The van der Waals surface area contributed by atoms with Crippen molar-refractivity contribution in [2.24, 2.45) is 0 Å². The van der Waals surface area contributed by atoms with Gasteiger partial charge in [0, 0.05) is 23.8 Å². The fraction of sp³-hybridized carbons (Fsp3) is 0.333. The highest BCUT2D eigenvalue weighted by Gasteiger charge is 2.03. The van der Waals surface area contributed by atoms with E-state index in [1.165, 1.54) is 5.56 Å². The van der Waals surface area contributed by atoms with E-state index in [1.54, 1.807) is 6.20 Å². The molecule has 5 nitrogen and oxygen atoms in total. The Kier molecular flexibility index (Phi) is 5.52. The number of aromatic nitrogens is 2. The fourth-order valence-corrected chi connectivity index (χ4v) is 2.36. The van der Waals surface area contributed by atoms with E-state index in [1.807, 2.05) is 26.2 Å². The molecule has 0 aliphatic rings. The van der Waals surface area contributed by atoms with Crippen molar-refractivity contribution >= 4 is 33.4 Å². The molecule has 0 amide bonds. The quantitative estimate of drug-likeness (QED) is 0.838. The molecule has 21 heavy (non-hydrogen) atoms. The van der Waals surface area contributed by atoms with Gasteiger partial charge >= 0.3 is 0 Å². The first-order valence-electron chi connectivity index (χ1n) is 6.79. The number of nitrogens with zero attached hydrogens (tertiary/aromatic N) is 3. The van der Waals surface area contributed by atoms with Crippen LogP contribution in [0.2, 0.25) is 0 Å². The molecule has 112 valence electrons. The van der Waals surface area contributed by atoms with Crippen LogP contribution in [0.5, 0.6) is 0 Å². The Morgan fingerprint density at radius 3 is 2.76 bits per heavy atom. The lowest BCUT2D eigenvalue weighted by atomic mass is 10.2. The largest absolute Gasteiger partial charge is 0.353 e. The van der Waals surface area contributed by atoms with Gasteiger partial charge in [0.05, 0.1) is 5.69 Å². The van der Waals surface area contributed by atoms with E-state index >= 15 is 0 Å². The molecule has 6 heteroatoms. The highest BCUT2D eigenvalue weighted by atomic mass is 79.9. The summed E-state index contributed by atoms with van der Waals surface area (Å²) >= 11 is 3.55. The van der Waals surface area contributed by atoms with Crippen molar-refractivity contribution in [3.05, 3.63) is 40.5 Å². The van der Waals surface area contributed by atoms with Crippen LogP contribution >= 0.6 is 15.9 Å². The molecule has 2 rings (SSSR count). The summed E-state index contributed by atoms with van der Waals surface area (Å²) < 4.78 is 1.02. The first kappa shape index (κ1) is 15.7. The summed E-state index contributed by atoms with van der Waals surface area (Å²) in [6.07, 6.45) is 1.75.